The van der Waals surface area contributed by atoms with Gasteiger partial charge < -0.3 is 9.63 Å². The van der Waals surface area contributed by atoms with Gasteiger partial charge in [-0.3, -0.25) is 0 Å². The number of nitrogens with zero attached hydrogens (tertiary/aromatic N) is 2. The average molecular weight is 337 g/mol. The largest absolute Gasteiger partial charge is 0.414 e. The Kier molecular flexibility index (Phi) is 3.91. The Labute approximate surface area is 114 Å². The molecular weight excluding hydrogens is 329 g/mol. The van der Waals surface area contributed by atoms with E-state index in [9.17, 15) is 13.2 Å². The third-order valence-electron chi connectivity index (χ3n) is 2.32. The van der Waals surface area contributed by atoms with Crippen molar-refractivity contribution in [2.45, 2.75) is 18.7 Å². The number of rotatable bonds is 3. The predicted molar refractivity (Wildman–Crippen MR) is 63.2 cm³/mol. The second kappa shape index (κ2) is 5.30. The molecule has 1 N–H and O–H groups in total. The molecule has 102 valence electrons. The molecule has 0 saturated carbocycles. The van der Waals surface area contributed by atoms with E-state index in [0.717, 1.165) is 4.47 Å². The Bertz CT molecular complexity index is 554. The molecular formula is C11H8BrF3N2O2. The second-order valence-corrected chi connectivity index (χ2v) is 4.70. The second-order valence-electron chi connectivity index (χ2n) is 3.78. The van der Waals surface area contributed by atoms with Gasteiger partial charge in [-0.1, -0.05) is 21.1 Å². The van der Waals surface area contributed by atoms with Crippen LogP contribution in [0, 0.1) is 0 Å². The van der Waals surface area contributed by atoms with E-state index < -0.39 is 18.7 Å². The summed E-state index contributed by atoms with van der Waals surface area (Å²) in [6.45, 7) is 0. The molecule has 0 saturated heterocycles. The van der Waals surface area contributed by atoms with Crippen LogP contribution in [0.3, 0.4) is 0 Å². The van der Waals surface area contributed by atoms with E-state index in [1.54, 1.807) is 24.3 Å². The van der Waals surface area contributed by atoms with E-state index in [1.165, 1.54) is 0 Å². The van der Waals surface area contributed by atoms with Gasteiger partial charge in [-0.15, -0.1) is 0 Å². The highest BCUT2D eigenvalue weighted by atomic mass is 79.9. The molecule has 4 nitrogen and oxygen atoms in total. The molecule has 1 heterocycles. The SMILES string of the molecule is OC(Cc1nc(-c2ccc(Br)cc2)no1)C(F)(F)F. The molecule has 0 aliphatic rings. The fourth-order valence-corrected chi connectivity index (χ4v) is 1.60. The lowest BCUT2D eigenvalue weighted by Crippen LogP contribution is -2.30. The number of benzene rings is 1. The maximum Gasteiger partial charge on any atom is 0.414 e. The van der Waals surface area contributed by atoms with Gasteiger partial charge in [0, 0.05) is 10.0 Å². The van der Waals surface area contributed by atoms with Crippen molar-refractivity contribution in [3.63, 3.8) is 0 Å². The molecule has 0 spiro atoms. The van der Waals surface area contributed by atoms with Gasteiger partial charge in [0.05, 0.1) is 6.42 Å². The first-order valence-corrected chi connectivity index (χ1v) is 5.99. The zero-order chi connectivity index (χ0) is 14.0. The van der Waals surface area contributed by atoms with E-state index >= 15 is 0 Å². The monoisotopic (exact) mass is 336 g/mol. The molecule has 1 atom stereocenters. The van der Waals surface area contributed by atoms with Crippen LogP contribution < -0.4 is 0 Å². The van der Waals surface area contributed by atoms with Crippen LogP contribution in [0.15, 0.2) is 33.3 Å². The van der Waals surface area contributed by atoms with Crippen molar-refractivity contribution in [2.24, 2.45) is 0 Å². The van der Waals surface area contributed by atoms with Gasteiger partial charge in [-0.25, -0.2) is 0 Å². The average Bonchev–Trinajstić information content (AvgIpc) is 2.77. The lowest BCUT2D eigenvalue weighted by Gasteiger charge is -2.11. The number of aliphatic hydroxyl groups is 1. The van der Waals surface area contributed by atoms with Crippen molar-refractivity contribution in [2.75, 3.05) is 0 Å². The molecule has 0 radical (unpaired) electrons. The number of alkyl halides is 3. The van der Waals surface area contributed by atoms with Crippen molar-refractivity contribution in [1.82, 2.24) is 10.1 Å². The van der Waals surface area contributed by atoms with Crippen LogP contribution in [0.1, 0.15) is 5.89 Å². The van der Waals surface area contributed by atoms with Crippen molar-refractivity contribution in [3.05, 3.63) is 34.6 Å². The van der Waals surface area contributed by atoms with Gasteiger partial charge in [-0.2, -0.15) is 18.2 Å². The minimum atomic E-state index is -4.70. The molecule has 1 aromatic carbocycles. The van der Waals surface area contributed by atoms with Gasteiger partial charge in [0.1, 0.15) is 0 Å². The van der Waals surface area contributed by atoms with Crippen LogP contribution in [0.5, 0.6) is 0 Å². The molecule has 0 bridgehead atoms. The van der Waals surface area contributed by atoms with Crippen molar-refractivity contribution < 1.29 is 22.8 Å². The fourth-order valence-electron chi connectivity index (χ4n) is 1.34. The number of aromatic nitrogens is 2. The summed E-state index contributed by atoms with van der Waals surface area (Å²) < 4.78 is 42.0. The molecule has 0 aliphatic heterocycles. The summed E-state index contributed by atoms with van der Waals surface area (Å²) in [5.74, 6) is -0.0837. The van der Waals surface area contributed by atoms with Gasteiger partial charge in [-0.05, 0) is 24.3 Å². The van der Waals surface area contributed by atoms with Crippen molar-refractivity contribution in [1.29, 1.82) is 0 Å². The Morgan fingerprint density at radius 3 is 2.47 bits per heavy atom. The minimum absolute atomic E-state index is 0.178. The summed E-state index contributed by atoms with van der Waals surface area (Å²) in [7, 11) is 0. The maximum atomic E-state index is 12.2. The highest BCUT2D eigenvalue weighted by Crippen LogP contribution is 2.24. The Morgan fingerprint density at radius 2 is 1.89 bits per heavy atom. The van der Waals surface area contributed by atoms with E-state index in [1.807, 2.05) is 0 Å². The van der Waals surface area contributed by atoms with Crippen molar-refractivity contribution >= 4 is 15.9 Å². The van der Waals surface area contributed by atoms with E-state index in [0.29, 0.717) is 5.56 Å². The number of hydrogen-bond donors (Lipinski definition) is 1. The molecule has 0 aliphatic carbocycles. The molecule has 1 unspecified atom stereocenters. The third kappa shape index (κ3) is 3.54. The fraction of sp³-hybridized carbons (Fsp3) is 0.273. The molecule has 8 heteroatoms. The zero-order valence-corrected chi connectivity index (χ0v) is 10.9. The molecule has 19 heavy (non-hydrogen) atoms. The summed E-state index contributed by atoms with van der Waals surface area (Å²) in [6.07, 6.45) is -7.97. The highest BCUT2D eigenvalue weighted by molar-refractivity contribution is 9.10. The normalized spacial score (nSPS) is 13.5. The summed E-state index contributed by atoms with van der Waals surface area (Å²) >= 11 is 3.26. The Hall–Kier alpha value is -1.41. The van der Waals surface area contributed by atoms with Gasteiger partial charge in [0.25, 0.3) is 0 Å². The molecule has 0 fully saturated rings. The van der Waals surface area contributed by atoms with E-state index in [-0.39, 0.29) is 11.7 Å². The summed E-state index contributed by atoms with van der Waals surface area (Å²) in [5, 5.41) is 12.5. The lowest BCUT2D eigenvalue weighted by molar-refractivity contribution is -0.204. The molecule has 2 aromatic rings. The summed E-state index contributed by atoms with van der Waals surface area (Å²) in [6, 6.07) is 6.88. The minimum Gasteiger partial charge on any atom is -0.383 e. The van der Waals surface area contributed by atoms with Crippen molar-refractivity contribution in [3.8, 4) is 11.4 Å². The molecule has 2 rings (SSSR count). The number of aliphatic hydroxyl groups excluding tert-OH is 1. The van der Waals surface area contributed by atoms with Gasteiger partial charge >= 0.3 is 6.18 Å². The standard InChI is InChI=1S/C11H8BrF3N2O2/c12-7-3-1-6(2-4-7)10-16-9(19-17-10)5-8(18)11(13,14)15/h1-4,8,18H,5H2. The smallest absolute Gasteiger partial charge is 0.383 e. The maximum absolute atomic E-state index is 12.2. The summed E-state index contributed by atoms with van der Waals surface area (Å²) in [4.78, 5) is 3.81. The van der Waals surface area contributed by atoms with E-state index in [2.05, 4.69) is 30.6 Å². The van der Waals surface area contributed by atoms with E-state index in [4.69, 9.17) is 5.11 Å². The van der Waals surface area contributed by atoms with Crippen LogP contribution in [0.2, 0.25) is 0 Å². The Balaban J connectivity index is 2.13. The van der Waals surface area contributed by atoms with Crippen LogP contribution in [0.4, 0.5) is 13.2 Å². The first-order valence-electron chi connectivity index (χ1n) is 5.19. The zero-order valence-electron chi connectivity index (χ0n) is 9.36. The topological polar surface area (TPSA) is 59.2 Å². The summed E-state index contributed by atoms with van der Waals surface area (Å²) in [5.41, 5.74) is 0.611. The lowest BCUT2D eigenvalue weighted by atomic mass is 10.2. The van der Waals surface area contributed by atoms with Crippen LogP contribution >= 0.6 is 15.9 Å². The van der Waals surface area contributed by atoms with Gasteiger partial charge in [0.2, 0.25) is 11.7 Å². The molecule has 1 aromatic heterocycles. The first-order chi connectivity index (χ1) is 8.86. The van der Waals surface area contributed by atoms with Crippen LogP contribution in [0.25, 0.3) is 11.4 Å². The number of halogens is 4. The first kappa shape index (κ1) is 14.0. The Morgan fingerprint density at radius 1 is 1.26 bits per heavy atom. The quantitative estimate of drug-likeness (QED) is 0.936. The molecule has 0 amide bonds. The van der Waals surface area contributed by atoms with Gasteiger partial charge in [0.15, 0.2) is 6.10 Å². The third-order valence-corrected chi connectivity index (χ3v) is 2.84. The van der Waals surface area contributed by atoms with Crippen LogP contribution in [-0.2, 0) is 6.42 Å². The highest BCUT2D eigenvalue weighted by Gasteiger charge is 2.39. The predicted octanol–water partition coefficient (Wildman–Crippen LogP) is 2.96. The number of hydrogen-bond acceptors (Lipinski definition) is 4. The van der Waals surface area contributed by atoms with Crippen LogP contribution in [-0.4, -0.2) is 27.5 Å².